The lowest BCUT2D eigenvalue weighted by molar-refractivity contribution is -0.134. The number of carbonyl (C=O) groups excluding carboxylic acids is 1. The third-order valence-electron chi connectivity index (χ3n) is 6.78. The predicted octanol–water partition coefficient (Wildman–Crippen LogP) is 2.07. The van der Waals surface area contributed by atoms with Crippen LogP contribution in [-0.4, -0.2) is 87.0 Å². The van der Waals surface area contributed by atoms with Gasteiger partial charge in [-0.15, -0.1) is 0 Å². The summed E-state index contributed by atoms with van der Waals surface area (Å²) in [4.78, 5) is 18.0. The summed E-state index contributed by atoms with van der Waals surface area (Å²) in [7, 11) is 1.15. The van der Waals surface area contributed by atoms with Crippen LogP contribution in [0.15, 0.2) is 53.4 Å². The van der Waals surface area contributed by atoms with Gasteiger partial charge < -0.3 is 14.7 Å². The first kappa shape index (κ1) is 24.7. The van der Waals surface area contributed by atoms with Crippen molar-refractivity contribution in [2.45, 2.75) is 35.8 Å². The molecule has 2 heterocycles. The molecule has 0 radical (unpaired) electrons. The second-order valence-electron chi connectivity index (χ2n) is 9.25. The Kier molecular flexibility index (Phi) is 7.28. The standard InChI is InChI=1S/C25H33N3O5S/c1-26(2)34(31,32)20-9-10-24-22(15-20)21(12-14-33-24)25(30)27(3)23(18-7-5-4-6-8-18)17-28-13-11-19(29)16-28/h4-10,15,19,21,23,29H,11-14,16-17H2,1-3H3/t19-,21?,23+/m0/s1. The summed E-state index contributed by atoms with van der Waals surface area (Å²) in [6.07, 6.45) is 0.873. The highest BCUT2D eigenvalue weighted by molar-refractivity contribution is 7.89. The van der Waals surface area contributed by atoms with Gasteiger partial charge >= 0.3 is 0 Å². The number of benzene rings is 2. The molecule has 3 atom stereocenters. The number of likely N-dealkylation sites (tertiary alicyclic amines) is 1. The summed E-state index contributed by atoms with van der Waals surface area (Å²) < 4.78 is 32.3. The zero-order chi connectivity index (χ0) is 24.5. The Morgan fingerprint density at radius 1 is 1.15 bits per heavy atom. The van der Waals surface area contributed by atoms with Gasteiger partial charge in [0.15, 0.2) is 0 Å². The molecule has 184 valence electrons. The number of aliphatic hydroxyl groups is 1. The second kappa shape index (κ2) is 10.0. The Bertz CT molecular complexity index is 1120. The molecule has 1 N–H and O–H groups in total. The van der Waals surface area contributed by atoms with Gasteiger partial charge in [-0.3, -0.25) is 9.69 Å². The Hall–Kier alpha value is -2.46. The minimum absolute atomic E-state index is 0.0717. The minimum Gasteiger partial charge on any atom is -0.493 e. The quantitative estimate of drug-likeness (QED) is 0.643. The van der Waals surface area contributed by atoms with Gasteiger partial charge in [-0.2, -0.15) is 0 Å². The Balaban J connectivity index is 1.64. The fourth-order valence-electron chi connectivity index (χ4n) is 4.75. The van der Waals surface area contributed by atoms with Crippen molar-refractivity contribution in [3.8, 4) is 5.75 Å². The van der Waals surface area contributed by atoms with Crippen LogP contribution in [0.4, 0.5) is 0 Å². The third kappa shape index (κ3) is 4.98. The maximum Gasteiger partial charge on any atom is 0.242 e. The van der Waals surface area contributed by atoms with Crippen molar-refractivity contribution in [2.75, 3.05) is 47.4 Å². The van der Waals surface area contributed by atoms with Crippen LogP contribution in [0.3, 0.4) is 0 Å². The lowest BCUT2D eigenvalue weighted by Crippen LogP contribution is -2.42. The lowest BCUT2D eigenvalue weighted by Gasteiger charge is -2.36. The molecule has 1 unspecified atom stereocenters. The number of sulfonamides is 1. The fourth-order valence-corrected chi connectivity index (χ4v) is 5.69. The molecule has 34 heavy (non-hydrogen) atoms. The average Bonchev–Trinajstić information content (AvgIpc) is 3.26. The number of hydrogen-bond donors (Lipinski definition) is 1. The van der Waals surface area contributed by atoms with Crippen LogP contribution >= 0.6 is 0 Å². The highest BCUT2D eigenvalue weighted by Crippen LogP contribution is 2.38. The largest absolute Gasteiger partial charge is 0.493 e. The summed E-state index contributed by atoms with van der Waals surface area (Å²) in [6, 6.07) is 14.4. The van der Waals surface area contributed by atoms with E-state index in [0.717, 1.165) is 22.8 Å². The normalized spacial score (nSPS) is 21.7. The van der Waals surface area contributed by atoms with E-state index in [1.807, 2.05) is 37.4 Å². The van der Waals surface area contributed by atoms with Crippen LogP contribution in [0.1, 0.15) is 35.9 Å². The molecule has 1 amide bonds. The van der Waals surface area contributed by atoms with Crippen LogP contribution in [-0.2, 0) is 14.8 Å². The van der Waals surface area contributed by atoms with Crippen molar-refractivity contribution >= 4 is 15.9 Å². The number of ether oxygens (including phenoxy) is 1. The number of amides is 1. The van der Waals surface area contributed by atoms with Crippen LogP contribution in [0.25, 0.3) is 0 Å². The summed E-state index contributed by atoms with van der Waals surface area (Å²) in [5, 5.41) is 9.99. The topological polar surface area (TPSA) is 90.4 Å². The highest BCUT2D eigenvalue weighted by atomic mass is 32.2. The second-order valence-corrected chi connectivity index (χ2v) is 11.4. The number of aliphatic hydroxyl groups excluding tert-OH is 1. The van der Waals surface area contributed by atoms with Crippen molar-refractivity contribution in [1.29, 1.82) is 0 Å². The molecule has 0 aliphatic carbocycles. The Labute approximate surface area is 201 Å². The molecule has 8 nitrogen and oxygen atoms in total. The van der Waals surface area contributed by atoms with Gasteiger partial charge in [0, 0.05) is 46.3 Å². The van der Waals surface area contributed by atoms with Gasteiger partial charge in [0.25, 0.3) is 0 Å². The molecular weight excluding hydrogens is 454 g/mol. The molecule has 2 aliphatic heterocycles. The molecule has 2 aromatic rings. The lowest BCUT2D eigenvalue weighted by atomic mass is 9.91. The number of β-amino-alcohol motifs (C(OH)–C–C–N with tert-alkyl or cyclic N) is 1. The molecule has 9 heteroatoms. The number of hydrogen-bond acceptors (Lipinski definition) is 6. The SMILES string of the molecule is CN(C(=O)C1CCOc2ccc(S(=O)(=O)N(C)C)cc21)[C@H](CN1CC[C@H](O)C1)c1ccccc1. The van der Waals surface area contributed by atoms with E-state index in [1.165, 1.54) is 20.2 Å². The van der Waals surface area contributed by atoms with E-state index in [-0.39, 0.29) is 22.9 Å². The molecule has 1 fully saturated rings. The maximum atomic E-state index is 13.9. The molecule has 0 bridgehead atoms. The van der Waals surface area contributed by atoms with Crippen LogP contribution in [0.5, 0.6) is 5.75 Å². The van der Waals surface area contributed by atoms with E-state index in [9.17, 15) is 18.3 Å². The van der Waals surface area contributed by atoms with Crippen molar-refractivity contribution in [3.05, 3.63) is 59.7 Å². The average molecular weight is 488 g/mol. The Morgan fingerprint density at radius 2 is 1.88 bits per heavy atom. The molecular formula is C25H33N3O5S. The van der Waals surface area contributed by atoms with Gasteiger partial charge in [0.1, 0.15) is 5.75 Å². The van der Waals surface area contributed by atoms with E-state index in [1.54, 1.807) is 17.0 Å². The summed E-state index contributed by atoms with van der Waals surface area (Å²) >= 11 is 0. The first-order chi connectivity index (χ1) is 16.2. The van der Waals surface area contributed by atoms with Crippen LogP contribution < -0.4 is 4.74 Å². The summed E-state index contributed by atoms with van der Waals surface area (Å²) in [5.41, 5.74) is 1.63. The molecule has 1 saturated heterocycles. The van der Waals surface area contributed by atoms with Crippen LogP contribution in [0, 0.1) is 0 Å². The molecule has 2 aliphatic rings. The van der Waals surface area contributed by atoms with Gasteiger partial charge in [0.2, 0.25) is 15.9 Å². The zero-order valence-electron chi connectivity index (χ0n) is 19.9. The van der Waals surface area contributed by atoms with Gasteiger partial charge in [-0.05, 0) is 36.6 Å². The molecule has 4 rings (SSSR count). The maximum absolute atomic E-state index is 13.9. The molecule has 0 spiro atoms. The number of nitrogens with zero attached hydrogens (tertiary/aromatic N) is 3. The van der Waals surface area contributed by atoms with Gasteiger partial charge in [-0.25, -0.2) is 12.7 Å². The number of carbonyl (C=O) groups is 1. The van der Waals surface area contributed by atoms with Gasteiger partial charge in [0.05, 0.1) is 29.6 Å². The molecule has 0 saturated carbocycles. The molecule has 2 aromatic carbocycles. The summed E-state index contributed by atoms with van der Waals surface area (Å²) in [6.45, 7) is 2.40. The number of rotatable bonds is 7. The first-order valence-electron chi connectivity index (χ1n) is 11.6. The third-order valence-corrected chi connectivity index (χ3v) is 8.59. The van der Waals surface area contributed by atoms with Crippen molar-refractivity contribution in [1.82, 2.24) is 14.1 Å². The van der Waals surface area contributed by atoms with Crippen molar-refractivity contribution in [3.63, 3.8) is 0 Å². The zero-order valence-corrected chi connectivity index (χ0v) is 20.7. The smallest absolute Gasteiger partial charge is 0.242 e. The predicted molar refractivity (Wildman–Crippen MR) is 129 cm³/mol. The number of likely N-dealkylation sites (N-methyl/N-ethyl adjacent to an activating group) is 1. The number of fused-ring (bicyclic) bond motifs is 1. The minimum atomic E-state index is -3.64. The first-order valence-corrected chi connectivity index (χ1v) is 13.0. The van der Waals surface area contributed by atoms with E-state index < -0.39 is 15.9 Å². The van der Waals surface area contributed by atoms with E-state index in [2.05, 4.69) is 4.90 Å². The summed E-state index contributed by atoms with van der Waals surface area (Å²) in [5.74, 6) is -0.0198. The highest BCUT2D eigenvalue weighted by Gasteiger charge is 2.35. The van der Waals surface area contributed by atoms with Crippen molar-refractivity contribution in [2.24, 2.45) is 0 Å². The van der Waals surface area contributed by atoms with Crippen molar-refractivity contribution < 1.29 is 23.1 Å². The van der Waals surface area contributed by atoms with E-state index in [0.29, 0.717) is 37.4 Å². The van der Waals surface area contributed by atoms with E-state index >= 15 is 0 Å². The molecule has 0 aromatic heterocycles. The fraction of sp³-hybridized carbons (Fsp3) is 0.480. The monoisotopic (exact) mass is 487 g/mol. The Morgan fingerprint density at radius 3 is 2.53 bits per heavy atom. The van der Waals surface area contributed by atoms with E-state index in [4.69, 9.17) is 4.74 Å². The van der Waals surface area contributed by atoms with Crippen LogP contribution in [0.2, 0.25) is 0 Å². The van der Waals surface area contributed by atoms with Gasteiger partial charge in [-0.1, -0.05) is 30.3 Å².